The largest absolute Gasteiger partial charge is 0.490 e. The van der Waals surface area contributed by atoms with Gasteiger partial charge in [-0.3, -0.25) is 9.59 Å². The molecule has 6 nitrogen and oxygen atoms in total. The maximum Gasteiger partial charge on any atom is 0.262 e. The van der Waals surface area contributed by atoms with E-state index in [0.29, 0.717) is 29.4 Å². The van der Waals surface area contributed by atoms with Crippen molar-refractivity contribution in [3.05, 3.63) is 48.0 Å². The summed E-state index contributed by atoms with van der Waals surface area (Å²) in [4.78, 5) is 26.7. The lowest BCUT2D eigenvalue weighted by Gasteiger charge is -2.26. The molecule has 1 aliphatic heterocycles. The summed E-state index contributed by atoms with van der Waals surface area (Å²) in [6, 6.07) is 12.8. The number of hydrogen-bond donors (Lipinski definition) is 1. The average Bonchev–Trinajstić information content (AvgIpc) is 2.76. The number of carbonyl (C=O) groups is 2. The second-order valence-electron chi connectivity index (χ2n) is 7.55. The molecule has 148 valence electrons. The molecular weight excluding hydrogens is 356 g/mol. The molecule has 28 heavy (non-hydrogen) atoms. The van der Waals surface area contributed by atoms with Crippen LogP contribution in [0.25, 0.3) is 0 Å². The van der Waals surface area contributed by atoms with Crippen molar-refractivity contribution in [2.45, 2.75) is 27.7 Å². The number of anilines is 2. The van der Waals surface area contributed by atoms with Crippen molar-refractivity contribution in [3.63, 3.8) is 0 Å². The highest BCUT2D eigenvalue weighted by molar-refractivity contribution is 6.00. The second kappa shape index (κ2) is 7.92. The minimum atomic E-state index is -0.611. The van der Waals surface area contributed by atoms with Gasteiger partial charge in [-0.1, -0.05) is 17.7 Å². The SMILES string of the molecule is CCN1C(=O)C(C)(C)COc2cc(NC(=O)COc3ccc(C)cc3)ccc21. The summed E-state index contributed by atoms with van der Waals surface area (Å²) in [5.74, 6) is 0.985. The topological polar surface area (TPSA) is 67.9 Å². The highest BCUT2D eigenvalue weighted by Crippen LogP contribution is 2.38. The number of nitrogens with zero attached hydrogens (tertiary/aromatic N) is 1. The predicted molar refractivity (Wildman–Crippen MR) is 109 cm³/mol. The lowest BCUT2D eigenvalue weighted by atomic mass is 9.93. The van der Waals surface area contributed by atoms with Crippen molar-refractivity contribution in [3.8, 4) is 11.5 Å². The molecule has 6 heteroatoms. The van der Waals surface area contributed by atoms with E-state index in [1.165, 1.54) is 0 Å². The Balaban J connectivity index is 1.69. The molecule has 0 saturated carbocycles. The number of benzene rings is 2. The van der Waals surface area contributed by atoms with Gasteiger partial charge in [-0.2, -0.15) is 0 Å². The average molecular weight is 382 g/mol. The van der Waals surface area contributed by atoms with E-state index in [1.54, 1.807) is 23.1 Å². The number of nitrogens with one attached hydrogen (secondary N) is 1. The van der Waals surface area contributed by atoms with Crippen LogP contribution in [0.3, 0.4) is 0 Å². The van der Waals surface area contributed by atoms with Crippen molar-refractivity contribution in [2.75, 3.05) is 30.0 Å². The fourth-order valence-corrected chi connectivity index (χ4v) is 3.02. The summed E-state index contributed by atoms with van der Waals surface area (Å²) in [7, 11) is 0. The molecular formula is C22H26N2O4. The van der Waals surface area contributed by atoms with Gasteiger partial charge >= 0.3 is 0 Å². The predicted octanol–water partition coefficient (Wildman–Crippen LogP) is 3.78. The van der Waals surface area contributed by atoms with Crippen molar-refractivity contribution >= 4 is 23.2 Å². The van der Waals surface area contributed by atoms with E-state index in [2.05, 4.69) is 5.32 Å². The van der Waals surface area contributed by atoms with E-state index < -0.39 is 5.41 Å². The van der Waals surface area contributed by atoms with Gasteiger partial charge in [0.2, 0.25) is 5.91 Å². The Morgan fingerprint density at radius 1 is 1.21 bits per heavy atom. The Morgan fingerprint density at radius 3 is 2.61 bits per heavy atom. The molecule has 2 aromatic rings. The third kappa shape index (κ3) is 4.27. The van der Waals surface area contributed by atoms with Gasteiger partial charge in [-0.05, 0) is 52.0 Å². The number of amides is 2. The lowest BCUT2D eigenvalue weighted by molar-refractivity contribution is -0.127. The van der Waals surface area contributed by atoms with E-state index >= 15 is 0 Å². The third-order valence-electron chi connectivity index (χ3n) is 4.65. The Morgan fingerprint density at radius 2 is 1.93 bits per heavy atom. The van der Waals surface area contributed by atoms with Crippen LogP contribution in [0.1, 0.15) is 26.3 Å². The van der Waals surface area contributed by atoms with E-state index in [4.69, 9.17) is 9.47 Å². The normalized spacial score (nSPS) is 15.3. The molecule has 1 aliphatic rings. The quantitative estimate of drug-likeness (QED) is 0.854. The number of hydrogen-bond acceptors (Lipinski definition) is 4. The van der Waals surface area contributed by atoms with E-state index in [0.717, 1.165) is 5.56 Å². The van der Waals surface area contributed by atoms with Crippen molar-refractivity contribution in [1.29, 1.82) is 0 Å². The number of rotatable bonds is 5. The van der Waals surface area contributed by atoms with Crippen molar-refractivity contribution in [1.82, 2.24) is 0 Å². The molecule has 2 aromatic carbocycles. The van der Waals surface area contributed by atoms with Crippen molar-refractivity contribution in [2.24, 2.45) is 5.41 Å². The van der Waals surface area contributed by atoms with Crippen LogP contribution in [0.5, 0.6) is 11.5 Å². The first kappa shape index (κ1) is 19.7. The summed E-state index contributed by atoms with van der Waals surface area (Å²) in [6.07, 6.45) is 0. The lowest BCUT2D eigenvalue weighted by Crippen LogP contribution is -2.42. The van der Waals surface area contributed by atoms with Crippen LogP contribution in [0, 0.1) is 12.3 Å². The molecule has 3 rings (SSSR count). The Labute approximate surface area is 165 Å². The zero-order valence-electron chi connectivity index (χ0n) is 16.7. The third-order valence-corrected chi connectivity index (χ3v) is 4.65. The molecule has 0 atom stereocenters. The molecule has 1 N–H and O–H groups in total. The smallest absolute Gasteiger partial charge is 0.262 e. The highest BCUT2D eigenvalue weighted by atomic mass is 16.5. The Kier molecular flexibility index (Phi) is 5.58. The molecule has 0 saturated heterocycles. The molecule has 0 radical (unpaired) electrons. The molecule has 0 unspecified atom stereocenters. The van der Waals surface area contributed by atoms with Crippen LogP contribution >= 0.6 is 0 Å². The van der Waals surface area contributed by atoms with Gasteiger partial charge in [0, 0.05) is 18.3 Å². The summed E-state index contributed by atoms with van der Waals surface area (Å²) >= 11 is 0. The van der Waals surface area contributed by atoms with Crippen LogP contribution in [0.4, 0.5) is 11.4 Å². The molecule has 0 bridgehead atoms. The Bertz CT molecular complexity index is 875. The molecule has 0 fully saturated rings. The first-order valence-electron chi connectivity index (χ1n) is 9.38. The molecule has 2 amide bonds. The number of fused-ring (bicyclic) bond motifs is 1. The fourth-order valence-electron chi connectivity index (χ4n) is 3.02. The van der Waals surface area contributed by atoms with Crippen LogP contribution in [-0.2, 0) is 9.59 Å². The van der Waals surface area contributed by atoms with E-state index in [1.807, 2.05) is 52.0 Å². The van der Waals surface area contributed by atoms with Gasteiger partial charge in [0.15, 0.2) is 6.61 Å². The summed E-state index contributed by atoms with van der Waals surface area (Å²) in [5.41, 5.74) is 1.83. The Hall–Kier alpha value is -3.02. The number of aryl methyl sites for hydroxylation is 1. The minimum Gasteiger partial charge on any atom is -0.490 e. The minimum absolute atomic E-state index is 0.0250. The van der Waals surface area contributed by atoms with Crippen LogP contribution in [0.15, 0.2) is 42.5 Å². The highest BCUT2D eigenvalue weighted by Gasteiger charge is 2.37. The summed E-state index contributed by atoms with van der Waals surface area (Å²) in [5, 5.41) is 2.81. The standard InChI is InChI=1S/C22H26N2O4/c1-5-24-18-11-8-16(12-19(18)28-14-22(3,4)21(24)26)23-20(25)13-27-17-9-6-15(2)7-10-17/h6-12H,5,13-14H2,1-4H3,(H,23,25). The maximum atomic E-state index is 12.7. The van der Waals surface area contributed by atoms with Gasteiger partial charge in [0.05, 0.1) is 11.1 Å². The van der Waals surface area contributed by atoms with Crippen LogP contribution < -0.4 is 19.7 Å². The van der Waals surface area contributed by atoms with Crippen LogP contribution in [-0.4, -0.2) is 31.6 Å². The van der Waals surface area contributed by atoms with Gasteiger partial charge in [0.1, 0.15) is 18.1 Å². The monoisotopic (exact) mass is 382 g/mol. The van der Waals surface area contributed by atoms with Gasteiger partial charge in [-0.25, -0.2) is 0 Å². The zero-order chi connectivity index (χ0) is 20.3. The summed E-state index contributed by atoms with van der Waals surface area (Å²) in [6.45, 7) is 8.40. The fraction of sp³-hybridized carbons (Fsp3) is 0.364. The molecule has 0 spiro atoms. The van der Waals surface area contributed by atoms with E-state index in [9.17, 15) is 9.59 Å². The molecule has 0 aromatic heterocycles. The number of ether oxygens (including phenoxy) is 2. The van der Waals surface area contributed by atoms with Crippen LogP contribution in [0.2, 0.25) is 0 Å². The van der Waals surface area contributed by atoms with Gasteiger partial charge < -0.3 is 19.7 Å². The summed E-state index contributed by atoms with van der Waals surface area (Å²) < 4.78 is 11.4. The first-order valence-corrected chi connectivity index (χ1v) is 9.38. The molecule has 1 heterocycles. The molecule has 0 aliphatic carbocycles. The zero-order valence-corrected chi connectivity index (χ0v) is 16.7. The number of carbonyl (C=O) groups excluding carboxylic acids is 2. The second-order valence-corrected chi connectivity index (χ2v) is 7.55. The van der Waals surface area contributed by atoms with Gasteiger partial charge in [-0.15, -0.1) is 0 Å². The van der Waals surface area contributed by atoms with E-state index in [-0.39, 0.29) is 25.0 Å². The van der Waals surface area contributed by atoms with Crippen molar-refractivity contribution < 1.29 is 19.1 Å². The van der Waals surface area contributed by atoms with Gasteiger partial charge in [0.25, 0.3) is 5.91 Å². The first-order chi connectivity index (χ1) is 13.3. The maximum absolute atomic E-state index is 12.7.